The van der Waals surface area contributed by atoms with Gasteiger partial charge in [0.15, 0.2) is 0 Å². The lowest BCUT2D eigenvalue weighted by Crippen LogP contribution is -2.35. The number of piperidine rings is 1. The Morgan fingerprint density at radius 2 is 2.46 bits per heavy atom. The third-order valence-corrected chi connectivity index (χ3v) is 2.69. The van der Waals surface area contributed by atoms with Crippen molar-refractivity contribution in [2.24, 2.45) is 11.1 Å². The number of nitrogens with zero attached hydrogens (tertiary/aromatic N) is 2. The molecular weight excluding hydrogens is 168 g/mol. The molecule has 2 heterocycles. The molecule has 2 aliphatic heterocycles. The maximum atomic E-state index is 10.8. The van der Waals surface area contributed by atoms with E-state index in [-0.39, 0.29) is 5.97 Å². The van der Waals surface area contributed by atoms with Crippen molar-refractivity contribution in [1.29, 1.82) is 0 Å². The maximum Gasteiger partial charge on any atom is 0.340 e. The van der Waals surface area contributed by atoms with Crippen molar-refractivity contribution in [2.75, 3.05) is 20.1 Å². The molecule has 0 spiro atoms. The van der Waals surface area contributed by atoms with Crippen LogP contribution in [0, 0.1) is 5.92 Å². The van der Waals surface area contributed by atoms with E-state index >= 15 is 0 Å². The van der Waals surface area contributed by atoms with E-state index in [2.05, 4.69) is 21.9 Å². The number of rotatable bonds is 1. The first-order valence-electron chi connectivity index (χ1n) is 4.71. The lowest BCUT2D eigenvalue weighted by molar-refractivity contribution is -0.140. The van der Waals surface area contributed by atoms with Gasteiger partial charge in [-0.3, -0.25) is 0 Å². The molecule has 0 radical (unpaired) electrons. The number of hydrogen-bond acceptors (Lipinski definition) is 4. The van der Waals surface area contributed by atoms with Crippen molar-refractivity contribution < 1.29 is 9.63 Å². The van der Waals surface area contributed by atoms with Crippen LogP contribution in [0.2, 0.25) is 0 Å². The van der Waals surface area contributed by atoms with E-state index in [1.54, 1.807) is 0 Å². The highest BCUT2D eigenvalue weighted by Crippen LogP contribution is 2.21. The van der Waals surface area contributed by atoms with Crippen LogP contribution in [0.5, 0.6) is 0 Å². The zero-order chi connectivity index (χ0) is 9.26. The van der Waals surface area contributed by atoms with Crippen molar-refractivity contribution in [1.82, 2.24) is 4.90 Å². The lowest BCUT2D eigenvalue weighted by Gasteiger charge is -2.28. The summed E-state index contributed by atoms with van der Waals surface area (Å²) in [5.41, 5.74) is 0.941. The van der Waals surface area contributed by atoms with Crippen LogP contribution >= 0.6 is 0 Å². The molecule has 13 heavy (non-hydrogen) atoms. The van der Waals surface area contributed by atoms with Crippen LogP contribution in [-0.2, 0) is 9.63 Å². The van der Waals surface area contributed by atoms with E-state index in [1.807, 2.05) is 0 Å². The Balaban J connectivity index is 1.96. The second-order valence-electron chi connectivity index (χ2n) is 3.82. The maximum absolute atomic E-state index is 10.8. The SMILES string of the molecule is CN1CCC[C@@H](C2=NOC(=O)C2)C1. The summed E-state index contributed by atoms with van der Waals surface area (Å²) in [6.07, 6.45) is 2.73. The Bertz CT molecular complexity index is 250. The second kappa shape index (κ2) is 3.46. The molecule has 1 atom stereocenters. The summed E-state index contributed by atoms with van der Waals surface area (Å²) in [6.45, 7) is 2.16. The summed E-state index contributed by atoms with van der Waals surface area (Å²) in [7, 11) is 2.10. The Hall–Kier alpha value is -0.900. The molecule has 2 rings (SSSR count). The molecular formula is C9H14N2O2. The van der Waals surface area contributed by atoms with Crippen LogP contribution in [0.3, 0.4) is 0 Å². The molecule has 0 N–H and O–H groups in total. The van der Waals surface area contributed by atoms with Gasteiger partial charge in [-0.05, 0) is 26.4 Å². The largest absolute Gasteiger partial charge is 0.340 e. The monoisotopic (exact) mass is 182 g/mol. The highest BCUT2D eigenvalue weighted by molar-refractivity contribution is 6.03. The van der Waals surface area contributed by atoms with Gasteiger partial charge in [0, 0.05) is 12.5 Å². The fraction of sp³-hybridized carbons (Fsp3) is 0.778. The summed E-state index contributed by atoms with van der Waals surface area (Å²) >= 11 is 0. The average Bonchev–Trinajstić information content (AvgIpc) is 2.52. The van der Waals surface area contributed by atoms with Crippen LogP contribution < -0.4 is 0 Å². The smallest absolute Gasteiger partial charge is 0.318 e. The van der Waals surface area contributed by atoms with Crippen LogP contribution in [0.25, 0.3) is 0 Å². The van der Waals surface area contributed by atoms with Crippen molar-refractivity contribution in [3.8, 4) is 0 Å². The number of carbonyl (C=O) groups is 1. The molecule has 1 fully saturated rings. The first kappa shape index (κ1) is 8.69. The van der Waals surface area contributed by atoms with Gasteiger partial charge in [0.05, 0.1) is 12.1 Å². The quantitative estimate of drug-likeness (QED) is 0.558. The minimum Gasteiger partial charge on any atom is -0.318 e. The Morgan fingerprint density at radius 3 is 3.08 bits per heavy atom. The van der Waals surface area contributed by atoms with Crippen molar-refractivity contribution in [3.05, 3.63) is 0 Å². The number of hydrogen-bond donors (Lipinski definition) is 0. The molecule has 0 saturated carbocycles. The number of likely N-dealkylation sites (tertiary alicyclic amines) is 1. The van der Waals surface area contributed by atoms with Gasteiger partial charge >= 0.3 is 5.97 Å². The van der Waals surface area contributed by atoms with Crippen molar-refractivity contribution >= 4 is 11.7 Å². The lowest BCUT2D eigenvalue weighted by atomic mass is 9.92. The summed E-state index contributed by atoms with van der Waals surface area (Å²) in [5, 5.41) is 3.82. The van der Waals surface area contributed by atoms with Gasteiger partial charge in [-0.1, -0.05) is 5.16 Å². The normalized spacial score (nSPS) is 30.1. The zero-order valence-corrected chi connectivity index (χ0v) is 7.82. The third-order valence-electron chi connectivity index (χ3n) is 2.69. The number of oxime groups is 1. The molecule has 0 aromatic heterocycles. The Labute approximate surface area is 77.5 Å². The number of carbonyl (C=O) groups excluding carboxylic acids is 1. The second-order valence-corrected chi connectivity index (χ2v) is 3.82. The first-order chi connectivity index (χ1) is 6.25. The van der Waals surface area contributed by atoms with E-state index < -0.39 is 0 Å². The molecule has 4 heteroatoms. The molecule has 0 aromatic rings. The predicted octanol–water partition coefficient (Wildman–Crippen LogP) is 0.631. The topological polar surface area (TPSA) is 41.9 Å². The summed E-state index contributed by atoms with van der Waals surface area (Å²) < 4.78 is 0. The van der Waals surface area contributed by atoms with Gasteiger partial charge in [-0.15, -0.1) is 0 Å². The minimum absolute atomic E-state index is 0.205. The highest BCUT2D eigenvalue weighted by atomic mass is 16.7. The van der Waals surface area contributed by atoms with Crippen LogP contribution in [0.1, 0.15) is 19.3 Å². The van der Waals surface area contributed by atoms with Crippen LogP contribution in [0.4, 0.5) is 0 Å². The molecule has 0 aromatic carbocycles. The van der Waals surface area contributed by atoms with E-state index in [4.69, 9.17) is 0 Å². The fourth-order valence-electron chi connectivity index (χ4n) is 1.98. The summed E-state index contributed by atoms with van der Waals surface area (Å²) in [6, 6.07) is 0. The molecule has 2 aliphatic rings. The zero-order valence-electron chi connectivity index (χ0n) is 7.82. The minimum atomic E-state index is -0.205. The fourth-order valence-corrected chi connectivity index (χ4v) is 1.98. The summed E-state index contributed by atoms with van der Waals surface area (Å²) in [4.78, 5) is 17.7. The van der Waals surface area contributed by atoms with E-state index in [1.165, 1.54) is 6.42 Å². The van der Waals surface area contributed by atoms with Gasteiger partial charge in [0.1, 0.15) is 0 Å². The molecule has 4 nitrogen and oxygen atoms in total. The van der Waals surface area contributed by atoms with Gasteiger partial charge in [0.25, 0.3) is 0 Å². The van der Waals surface area contributed by atoms with E-state index in [9.17, 15) is 4.79 Å². The molecule has 0 amide bonds. The van der Waals surface area contributed by atoms with Crippen molar-refractivity contribution in [3.63, 3.8) is 0 Å². The molecule has 0 aliphatic carbocycles. The third kappa shape index (κ3) is 1.88. The first-order valence-corrected chi connectivity index (χ1v) is 4.71. The van der Waals surface area contributed by atoms with E-state index in [0.717, 1.165) is 25.2 Å². The molecule has 0 bridgehead atoms. The predicted molar refractivity (Wildman–Crippen MR) is 48.4 cm³/mol. The van der Waals surface area contributed by atoms with Crippen molar-refractivity contribution in [2.45, 2.75) is 19.3 Å². The standard InChI is InChI=1S/C9H14N2O2/c1-11-4-2-3-7(6-11)8-5-9(12)13-10-8/h7H,2-6H2,1H3/t7-/m1/s1. The average molecular weight is 182 g/mol. The van der Waals surface area contributed by atoms with Gasteiger partial charge in [-0.2, -0.15) is 0 Å². The van der Waals surface area contributed by atoms with Gasteiger partial charge < -0.3 is 9.74 Å². The van der Waals surface area contributed by atoms with Crippen LogP contribution in [0.15, 0.2) is 5.16 Å². The molecule has 0 unspecified atom stereocenters. The Kier molecular flexibility index (Phi) is 2.31. The molecule has 72 valence electrons. The van der Waals surface area contributed by atoms with Gasteiger partial charge in [0.2, 0.25) is 0 Å². The van der Waals surface area contributed by atoms with Crippen LogP contribution in [-0.4, -0.2) is 36.7 Å². The van der Waals surface area contributed by atoms with E-state index in [0.29, 0.717) is 12.3 Å². The molecule has 1 saturated heterocycles. The highest BCUT2D eigenvalue weighted by Gasteiger charge is 2.28. The Morgan fingerprint density at radius 1 is 1.62 bits per heavy atom. The summed E-state index contributed by atoms with van der Waals surface area (Å²) in [5.74, 6) is 0.230. The van der Waals surface area contributed by atoms with Gasteiger partial charge in [-0.25, -0.2) is 4.79 Å².